The van der Waals surface area contributed by atoms with Crippen LogP contribution in [0.5, 0.6) is 11.5 Å². The first-order chi connectivity index (χ1) is 11.9. The number of hydrogen-bond acceptors (Lipinski definition) is 2. The molecular formula is C24H34O2. The molecule has 0 aliphatic carbocycles. The van der Waals surface area contributed by atoms with Crippen molar-refractivity contribution in [3.63, 3.8) is 0 Å². The van der Waals surface area contributed by atoms with E-state index in [1.807, 2.05) is 13.8 Å². The summed E-state index contributed by atoms with van der Waals surface area (Å²) in [6.45, 7) is 20.9. The molecule has 0 aliphatic rings. The Balaban J connectivity index is 3.17. The van der Waals surface area contributed by atoms with Crippen molar-refractivity contribution in [2.75, 3.05) is 0 Å². The van der Waals surface area contributed by atoms with Crippen molar-refractivity contribution in [1.29, 1.82) is 0 Å². The van der Waals surface area contributed by atoms with Gasteiger partial charge in [-0.2, -0.15) is 0 Å². The highest BCUT2D eigenvalue weighted by Crippen LogP contribution is 2.50. The smallest absolute Gasteiger partial charge is 0.127 e. The van der Waals surface area contributed by atoms with Crippen molar-refractivity contribution in [3.05, 3.63) is 44.5 Å². The van der Waals surface area contributed by atoms with Gasteiger partial charge in [0.15, 0.2) is 0 Å². The predicted molar refractivity (Wildman–Crippen MR) is 112 cm³/mol. The van der Waals surface area contributed by atoms with Crippen LogP contribution in [0.1, 0.15) is 84.0 Å². The zero-order valence-electron chi connectivity index (χ0n) is 18.0. The molecule has 0 aliphatic heterocycles. The van der Waals surface area contributed by atoms with Gasteiger partial charge in [-0.1, -0.05) is 27.7 Å². The third-order valence-corrected chi connectivity index (χ3v) is 6.19. The number of aromatic hydroxyl groups is 2. The average molecular weight is 355 g/mol. The molecule has 2 aromatic rings. The summed E-state index contributed by atoms with van der Waals surface area (Å²) in [7, 11) is 0. The molecule has 2 nitrogen and oxygen atoms in total. The Morgan fingerprint density at radius 2 is 0.731 bits per heavy atom. The van der Waals surface area contributed by atoms with Gasteiger partial charge in [0.1, 0.15) is 11.5 Å². The first-order valence-corrected chi connectivity index (χ1v) is 9.58. The molecule has 0 fully saturated rings. The maximum absolute atomic E-state index is 11.2. The van der Waals surface area contributed by atoms with Gasteiger partial charge in [0.2, 0.25) is 0 Å². The van der Waals surface area contributed by atoms with Crippen LogP contribution in [0.15, 0.2) is 0 Å². The summed E-state index contributed by atoms with van der Waals surface area (Å²) in [5.74, 6) is 1.10. The molecule has 0 radical (unpaired) electrons. The van der Waals surface area contributed by atoms with E-state index in [1.165, 1.54) is 11.1 Å². The van der Waals surface area contributed by atoms with Gasteiger partial charge in [-0.25, -0.2) is 0 Å². The summed E-state index contributed by atoms with van der Waals surface area (Å²) >= 11 is 0. The highest BCUT2D eigenvalue weighted by Gasteiger charge is 2.28. The zero-order valence-corrected chi connectivity index (χ0v) is 18.0. The minimum Gasteiger partial charge on any atom is -0.507 e. The van der Waals surface area contributed by atoms with E-state index in [4.69, 9.17) is 0 Å². The van der Waals surface area contributed by atoms with Crippen LogP contribution in [0, 0.1) is 41.5 Å². The summed E-state index contributed by atoms with van der Waals surface area (Å²) in [5.41, 5.74) is 10.3. The lowest BCUT2D eigenvalue weighted by molar-refractivity contribution is 0.462. The van der Waals surface area contributed by atoms with Gasteiger partial charge in [-0.3, -0.25) is 0 Å². The van der Waals surface area contributed by atoms with Crippen molar-refractivity contribution in [2.45, 2.75) is 81.1 Å². The van der Waals surface area contributed by atoms with E-state index in [1.54, 1.807) is 0 Å². The molecule has 0 aromatic heterocycles. The number of phenolic OH excluding ortho intramolecular Hbond substituents is 2. The molecule has 0 bridgehead atoms. The predicted octanol–water partition coefficient (Wildman–Crippen LogP) is 6.86. The highest BCUT2D eigenvalue weighted by atomic mass is 16.3. The second-order valence-corrected chi connectivity index (χ2v) is 8.33. The van der Waals surface area contributed by atoms with Crippen molar-refractivity contribution in [1.82, 2.24) is 0 Å². The topological polar surface area (TPSA) is 40.5 Å². The zero-order chi connectivity index (χ0) is 20.1. The van der Waals surface area contributed by atoms with Crippen LogP contribution >= 0.6 is 0 Å². The first kappa shape index (κ1) is 20.4. The molecule has 142 valence electrons. The Kier molecular flexibility index (Phi) is 5.46. The summed E-state index contributed by atoms with van der Waals surface area (Å²) in [5, 5.41) is 22.3. The lowest BCUT2D eigenvalue weighted by Crippen LogP contribution is -2.07. The van der Waals surface area contributed by atoms with E-state index in [9.17, 15) is 10.2 Å². The van der Waals surface area contributed by atoms with E-state index < -0.39 is 0 Å². The van der Waals surface area contributed by atoms with Crippen LogP contribution < -0.4 is 0 Å². The average Bonchev–Trinajstić information content (AvgIpc) is 2.56. The van der Waals surface area contributed by atoms with E-state index in [-0.39, 0.29) is 11.8 Å². The van der Waals surface area contributed by atoms with Crippen LogP contribution in [0.2, 0.25) is 0 Å². The van der Waals surface area contributed by atoms with Crippen LogP contribution in [-0.4, -0.2) is 10.2 Å². The largest absolute Gasteiger partial charge is 0.507 e. The number of phenols is 2. The van der Waals surface area contributed by atoms with Gasteiger partial charge >= 0.3 is 0 Å². The second kappa shape index (κ2) is 6.98. The standard InChI is InChI=1S/C24H34O2/c1-11(2)19-15(7)13(5)17(9)23(25)21(19)22-20(12(3)4)16(8)14(6)18(10)24(22)26/h11-12,25-26H,1-10H3. The quantitative estimate of drug-likeness (QED) is 0.632. The van der Waals surface area contributed by atoms with E-state index >= 15 is 0 Å². The van der Waals surface area contributed by atoms with Crippen LogP contribution in [0.25, 0.3) is 11.1 Å². The van der Waals surface area contributed by atoms with Gasteiger partial charge in [-0.05, 0) is 97.9 Å². The molecule has 2 aromatic carbocycles. The minimum atomic E-state index is 0.247. The molecule has 0 heterocycles. The normalized spacial score (nSPS) is 11.7. The number of rotatable bonds is 3. The van der Waals surface area contributed by atoms with Crippen LogP contribution in [0.4, 0.5) is 0 Å². The van der Waals surface area contributed by atoms with E-state index in [2.05, 4.69) is 55.4 Å². The molecule has 0 atom stereocenters. The summed E-state index contributed by atoms with van der Waals surface area (Å²) in [6.07, 6.45) is 0. The lowest BCUT2D eigenvalue weighted by atomic mass is 9.78. The molecule has 2 N–H and O–H groups in total. The molecule has 0 unspecified atom stereocenters. The molecule has 26 heavy (non-hydrogen) atoms. The Morgan fingerprint density at radius 3 is 0.962 bits per heavy atom. The number of benzene rings is 2. The van der Waals surface area contributed by atoms with Crippen molar-refractivity contribution >= 4 is 0 Å². The summed E-state index contributed by atoms with van der Waals surface area (Å²) < 4.78 is 0. The number of hydrogen-bond donors (Lipinski definition) is 2. The molecule has 0 saturated heterocycles. The van der Waals surface area contributed by atoms with Gasteiger partial charge in [0.05, 0.1) is 0 Å². The first-order valence-electron chi connectivity index (χ1n) is 9.58. The molecule has 2 rings (SSSR count). The van der Waals surface area contributed by atoms with E-state index in [0.29, 0.717) is 11.5 Å². The fourth-order valence-electron chi connectivity index (χ4n) is 4.28. The molecular weight excluding hydrogens is 320 g/mol. The third kappa shape index (κ3) is 2.90. The monoisotopic (exact) mass is 354 g/mol. The Morgan fingerprint density at radius 1 is 0.462 bits per heavy atom. The molecule has 0 amide bonds. The van der Waals surface area contributed by atoms with Crippen molar-refractivity contribution < 1.29 is 10.2 Å². The van der Waals surface area contributed by atoms with Crippen LogP contribution in [0.3, 0.4) is 0 Å². The lowest BCUT2D eigenvalue weighted by Gasteiger charge is -2.27. The van der Waals surface area contributed by atoms with Gasteiger partial charge in [-0.15, -0.1) is 0 Å². The Labute approximate surface area is 158 Å². The highest BCUT2D eigenvalue weighted by molar-refractivity contribution is 5.86. The fourth-order valence-corrected chi connectivity index (χ4v) is 4.28. The van der Waals surface area contributed by atoms with E-state index in [0.717, 1.165) is 44.5 Å². The SMILES string of the molecule is Cc1c(C)c(O)c(-c2c(O)c(C)c(C)c(C)c2C(C)C)c(C(C)C)c1C. The van der Waals surface area contributed by atoms with Crippen LogP contribution in [-0.2, 0) is 0 Å². The molecule has 0 spiro atoms. The summed E-state index contributed by atoms with van der Waals surface area (Å²) in [6, 6.07) is 0. The minimum absolute atomic E-state index is 0.247. The van der Waals surface area contributed by atoms with Crippen molar-refractivity contribution in [2.24, 2.45) is 0 Å². The van der Waals surface area contributed by atoms with Gasteiger partial charge in [0, 0.05) is 11.1 Å². The van der Waals surface area contributed by atoms with Crippen molar-refractivity contribution in [3.8, 4) is 22.6 Å². The Hall–Kier alpha value is -1.96. The van der Waals surface area contributed by atoms with Gasteiger partial charge < -0.3 is 10.2 Å². The summed E-state index contributed by atoms with van der Waals surface area (Å²) in [4.78, 5) is 0. The fraction of sp³-hybridized carbons (Fsp3) is 0.500. The Bertz CT molecular complexity index is 798. The second-order valence-electron chi connectivity index (χ2n) is 8.33. The maximum Gasteiger partial charge on any atom is 0.127 e. The third-order valence-electron chi connectivity index (χ3n) is 6.19. The maximum atomic E-state index is 11.2. The molecule has 0 saturated carbocycles. The molecule has 2 heteroatoms. The van der Waals surface area contributed by atoms with Gasteiger partial charge in [0.25, 0.3) is 0 Å².